The minimum Gasteiger partial charge on any atom is -0.374 e. The number of hydrogen-bond donors (Lipinski definition) is 0. The van der Waals surface area contributed by atoms with E-state index in [9.17, 15) is 0 Å². The van der Waals surface area contributed by atoms with Crippen molar-refractivity contribution in [3.05, 3.63) is 179 Å². The van der Waals surface area contributed by atoms with Gasteiger partial charge in [0.2, 0.25) is 0 Å². The first-order chi connectivity index (χ1) is 24.3. The molecule has 0 radical (unpaired) electrons. The highest BCUT2D eigenvalue weighted by atomic mass is 16.6. The van der Waals surface area contributed by atoms with Gasteiger partial charge in [-0.25, -0.2) is 4.58 Å². The molecule has 5 aromatic rings. The minimum absolute atomic E-state index is 0.339. The highest BCUT2D eigenvalue weighted by molar-refractivity contribution is 5.78. The fraction of sp³-hybridized carbons (Fsp3) is 0.279. The maximum absolute atomic E-state index is 7.10. The third-order valence-electron chi connectivity index (χ3n) is 9.19. The zero-order valence-corrected chi connectivity index (χ0v) is 27.8. The molecular weight excluding hydrogens is 610 g/mol. The van der Waals surface area contributed by atoms with Gasteiger partial charge in [-0.3, -0.25) is 0 Å². The summed E-state index contributed by atoms with van der Waals surface area (Å²) in [6.45, 7) is 2.86. The highest BCUT2D eigenvalue weighted by Gasteiger charge is 2.53. The normalized spacial score (nSPS) is 21.9. The summed E-state index contributed by atoms with van der Waals surface area (Å²) in [5.41, 5.74) is 6.90. The van der Waals surface area contributed by atoms with Crippen molar-refractivity contribution >= 4 is 6.21 Å². The molecule has 0 aliphatic carbocycles. The summed E-state index contributed by atoms with van der Waals surface area (Å²) >= 11 is 0. The maximum atomic E-state index is 7.10. The number of rotatable bonds is 14. The average Bonchev–Trinajstić information content (AvgIpc) is 3.17. The van der Waals surface area contributed by atoms with Crippen molar-refractivity contribution in [1.82, 2.24) is 0 Å². The number of ether oxygens (including phenoxy) is 5. The summed E-state index contributed by atoms with van der Waals surface area (Å²) in [5, 5.41) is 0. The van der Waals surface area contributed by atoms with E-state index in [-0.39, 0.29) is 0 Å². The summed E-state index contributed by atoms with van der Waals surface area (Å²) in [4.78, 5) is 0. The second-order valence-electron chi connectivity index (χ2n) is 12.7. The molecule has 250 valence electrons. The Kier molecular flexibility index (Phi) is 11.3. The van der Waals surface area contributed by atoms with Gasteiger partial charge in [0.05, 0.1) is 33.0 Å². The van der Waals surface area contributed by atoms with E-state index in [1.807, 2.05) is 72.8 Å². The van der Waals surface area contributed by atoms with Gasteiger partial charge in [0.15, 0.2) is 12.3 Å². The van der Waals surface area contributed by atoms with Gasteiger partial charge in [-0.1, -0.05) is 140 Å². The standard InChI is InChI=1S/C43H44NO5/c1-5-15-33(16-6-1)28-45-32-39-40(46-29-34-17-7-2-8-18-34)41(47-30-35-19-9-3-10-20-35)42(48-31-36-21-11-4-12-22-36)43(49-39)44-26-25-37-23-13-14-24-38(37)27-44/h1-24,27,39-43H,25-26,28-32H2/q+1/t39-,40-,41+,42+,43-/m1/s1. The second-order valence-corrected chi connectivity index (χ2v) is 12.7. The van der Waals surface area contributed by atoms with Crippen LogP contribution >= 0.6 is 0 Å². The molecule has 49 heavy (non-hydrogen) atoms. The smallest absolute Gasteiger partial charge is 0.287 e. The van der Waals surface area contributed by atoms with Crippen LogP contribution < -0.4 is 0 Å². The van der Waals surface area contributed by atoms with Crippen LogP contribution in [0.25, 0.3) is 0 Å². The molecule has 0 unspecified atom stereocenters. The first-order valence-corrected chi connectivity index (χ1v) is 17.2. The first kappa shape index (κ1) is 33.1. The monoisotopic (exact) mass is 654 g/mol. The molecule has 2 aliphatic rings. The van der Waals surface area contributed by atoms with Gasteiger partial charge in [-0.2, -0.15) is 0 Å². The van der Waals surface area contributed by atoms with Crippen LogP contribution in [0, 0.1) is 0 Å². The SMILES string of the molecule is C1=[N+]([C@@H]2O[C@H](COCc3ccccc3)[C@@H](OCc3ccccc3)[C@H](OCc3ccccc3)[C@@H]2OCc2ccccc2)CCc2ccccc21. The van der Waals surface area contributed by atoms with Crippen molar-refractivity contribution in [2.75, 3.05) is 13.2 Å². The van der Waals surface area contributed by atoms with Crippen molar-refractivity contribution in [2.24, 2.45) is 0 Å². The summed E-state index contributed by atoms with van der Waals surface area (Å²) in [6, 6.07) is 49.6. The van der Waals surface area contributed by atoms with Gasteiger partial charge in [0, 0.05) is 12.0 Å². The van der Waals surface area contributed by atoms with Gasteiger partial charge < -0.3 is 23.7 Å². The van der Waals surface area contributed by atoms with Crippen molar-refractivity contribution in [3.8, 4) is 0 Å². The molecule has 1 fully saturated rings. The number of benzene rings is 5. The van der Waals surface area contributed by atoms with Gasteiger partial charge in [-0.15, -0.1) is 0 Å². The fourth-order valence-corrected chi connectivity index (χ4v) is 6.61. The number of hydrogen-bond acceptors (Lipinski definition) is 5. The lowest BCUT2D eigenvalue weighted by molar-refractivity contribution is -0.636. The van der Waals surface area contributed by atoms with Crippen LogP contribution in [0.1, 0.15) is 33.4 Å². The van der Waals surface area contributed by atoms with Crippen LogP contribution in [0.3, 0.4) is 0 Å². The number of fused-ring (bicyclic) bond motifs is 1. The van der Waals surface area contributed by atoms with Gasteiger partial charge in [0.25, 0.3) is 6.23 Å². The zero-order valence-electron chi connectivity index (χ0n) is 27.8. The summed E-state index contributed by atoms with van der Waals surface area (Å²) < 4.78 is 36.4. The largest absolute Gasteiger partial charge is 0.374 e. The lowest BCUT2D eigenvalue weighted by Crippen LogP contribution is -2.64. The molecule has 0 N–H and O–H groups in total. The lowest BCUT2D eigenvalue weighted by Gasteiger charge is -2.44. The van der Waals surface area contributed by atoms with E-state index in [0.29, 0.717) is 33.0 Å². The Balaban J connectivity index is 1.24. The third kappa shape index (κ3) is 8.79. The van der Waals surface area contributed by atoms with Crippen molar-refractivity contribution in [1.29, 1.82) is 0 Å². The predicted octanol–water partition coefficient (Wildman–Crippen LogP) is 7.37. The quantitative estimate of drug-likeness (QED) is 0.117. The third-order valence-corrected chi connectivity index (χ3v) is 9.19. The highest BCUT2D eigenvalue weighted by Crippen LogP contribution is 2.32. The van der Waals surface area contributed by atoms with Gasteiger partial charge in [0.1, 0.15) is 24.9 Å². The van der Waals surface area contributed by atoms with Crippen LogP contribution in [0.2, 0.25) is 0 Å². The van der Waals surface area contributed by atoms with E-state index in [1.54, 1.807) is 0 Å². The van der Waals surface area contributed by atoms with Crippen LogP contribution in [-0.4, -0.2) is 54.6 Å². The molecule has 6 nitrogen and oxygen atoms in total. The molecule has 0 amide bonds. The van der Waals surface area contributed by atoms with E-state index in [4.69, 9.17) is 23.7 Å². The molecule has 0 bridgehead atoms. The fourth-order valence-electron chi connectivity index (χ4n) is 6.61. The molecule has 0 saturated carbocycles. The molecular formula is C43H44NO5+. The van der Waals surface area contributed by atoms with Crippen molar-refractivity contribution in [3.63, 3.8) is 0 Å². The van der Waals surface area contributed by atoms with Crippen LogP contribution in [0.4, 0.5) is 0 Å². The van der Waals surface area contributed by atoms with Gasteiger partial charge >= 0.3 is 0 Å². The lowest BCUT2D eigenvalue weighted by atomic mass is 9.95. The Hall–Kier alpha value is -4.43. The number of nitrogens with zero attached hydrogens (tertiary/aromatic N) is 1. The van der Waals surface area contributed by atoms with E-state index >= 15 is 0 Å². The Labute approximate surface area is 289 Å². The Morgan fingerprint density at radius 2 is 0.980 bits per heavy atom. The average molecular weight is 655 g/mol. The molecule has 2 aliphatic heterocycles. The van der Waals surface area contributed by atoms with Crippen LogP contribution in [-0.2, 0) is 56.5 Å². The molecule has 0 aromatic heterocycles. The molecule has 0 spiro atoms. The maximum Gasteiger partial charge on any atom is 0.287 e. The van der Waals surface area contributed by atoms with E-state index < -0.39 is 30.6 Å². The van der Waals surface area contributed by atoms with E-state index in [2.05, 4.69) is 83.6 Å². The Bertz CT molecular complexity index is 1750. The molecule has 5 atom stereocenters. The van der Waals surface area contributed by atoms with Crippen LogP contribution in [0.15, 0.2) is 146 Å². The summed E-state index contributed by atoms with van der Waals surface area (Å²) in [7, 11) is 0. The topological polar surface area (TPSA) is 49.2 Å². The van der Waals surface area contributed by atoms with E-state index in [1.165, 1.54) is 11.1 Å². The molecule has 6 heteroatoms. The Morgan fingerprint density at radius 1 is 0.510 bits per heavy atom. The van der Waals surface area contributed by atoms with Crippen LogP contribution in [0.5, 0.6) is 0 Å². The van der Waals surface area contributed by atoms with E-state index in [0.717, 1.165) is 35.2 Å². The zero-order chi connectivity index (χ0) is 33.1. The molecule has 2 heterocycles. The molecule has 7 rings (SSSR count). The van der Waals surface area contributed by atoms with Crippen molar-refractivity contribution < 1.29 is 28.3 Å². The second kappa shape index (κ2) is 16.8. The Morgan fingerprint density at radius 3 is 1.55 bits per heavy atom. The van der Waals surface area contributed by atoms with Crippen molar-refractivity contribution in [2.45, 2.75) is 63.5 Å². The summed E-state index contributed by atoms with van der Waals surface area (Å²) in [6.07, 6.45) is 0.896. The molecule has 1 saturated heterocycles. The minimum atomic E-state index is -0.464. The predicted molar refractivity (Wildman–Crippen MR) is 190 cm³/mol. The summed E-state index contributed by atoms with van der Waals surface area (Å²) in [5.74, 6) is 0. The molecule has 5 aromatic carbocycles. The van der Waals surface area contributed by atoms with Gasteiger partial charge in [-0.05, 0) is 33.9 Å². The first-order valence-electron chi connectivity index (χ1n) is 17.2.